The number of aromatic nitrogens is 2. The van der Waals surface area contributed by atoms with Crippen molar-refractivity contribution in [3.63, 3.8) is 0 Å². The maximum absolute atomic E-state index is 14.3. The minimum absolute atomic E-state index is 0.141. The van der Waals surface area contributed by atoms with E-state index in [9.17, 15) is 4.39 Å². The molecule has 0 aliphatic rings. The van der Waals surface area contributed by atoms with Crippen molar-refractivity contribution in [1.82, 2.24) is 9.97 Å². The number of halogens is 2. The Bertz CT molecular complexity index is 605. The molecule has 19 heavy (non-hydrogen) atoms. The van der Waals surface area contributed by atoms with Crippen LogP contribution in [-0.4, -0.2) is 9.97 Å². The fourth-order valence-corrected chi connectivity index (χ4v) is 3.09. The van der Waals surface area contributed by atoms with Gasteiger partial charge in [0.1, 0.15) is 5.82 Å². The first-order valence-corrected chi connectivity index (χ1v) is 7.05. The Hall–Kier alpha value is -1.56. The zero-order valence-corrected chi connectivity index (χ0v) is 12.2. The minimum atomic E-state index is -0.180. The summed E-state index contributed by atoms with van der Waals surface area (Å²) in [6.45, 7) is 0. The number of H-pyrrole nitrogens is 2. The van der Waals surface area contributed by atoms with Crippen LogP contribution in [0.5, 0.6) is 0 Å². The van der Waals surface area contributed by atoms with Gasteiger partial charge in [-0.1, -0.05) is 6.07 Å². The largest absolute Gasteiger partial charge is 0.364 e. The molecule has 0 bridgehead atoms. The highest BCUT2D eigenvalue weighted by molar-refractivity contribution is 14.1. The summed E-state index contributed by atoms with van der Waals surface area (Å²) in [5.41, 5.74) is 2.66. The highest BCUT2D eigenvalue weighted by Crippen LogP contribution is 2.34. The molecule has 2 nitrogen and oxygen atoms in total. The maximum Gasteiger partial charge on any atom is 0.128 e. The number of hydrogen-bond acceptors (Lipinski definition) is 0. The van der Waals surface area contributed by atoms with Crippen LogP contribution in [0.15, 0.2) is 54.9 Å². The van der Waals surface area contributed by atoms with Gasteiger partial charge in [0.15, 0.2) is 0 Å². The second kappa shape index (κ2) is 5.21. The van der Waals surface area contributed by atoms with Gasteiger partial charge in [0, 0.05) is 32.9 Å². The van der Waals surface area contributed by atoms with Crippen molar-refractivity contribution in [2.75, 3.05) is 0 Å². The number of rotatable bonds is 3. The third-order valence-electron chi connectivity index (χ3n) is 3.15. The average molecular weight is 366 g/mol. The van der Waals surface area contributed by atoms with E-state index in [-0.39, 0.29) is 11.7 Å². The highest BCUT2D eigenvalue weighted by Gasteiger charge is 2.23. The molecule has 3 rings (SSSR count). The van der Waals surface area contributed by atoms with Crippen LogP contribution in [0.4, 0.5) is 4.39 Å². The fraction of sp³-hybridized carbons (Fsp3) is 0.0667. The lowest BCUT2D eigenvalue weighted by atomic mass is 9.92. The van der Waals surface area contributed by atoms with Crippen LogP contribution in [0, 0.1) is 9.39 Å². The first kappa shape index (κ1) is 12.5. The summed E-state index contributed by atoms with van der Waals surface area (Å²) in [4.78, 5) is 6.38. The average Bonchev–Trinajstić information content (AvgIpc) is 3.07. The summed E-state index contributed by atoms with van der Waals surface area (Å²) in [5, 5.41) is 0. The van der Waals surface area contributed by atoms with Gasteiger partial charge >= 0.3 is 0 Å². The van der Waals surface area contributed by atoms with Crippen LogP contribution in [0.25, 0.3) is 0 Å². The standard InChI is InChI=1S/C15H12FIN2/c16-10-4-1-5-11(17)14(10)15(12-6-2-8-18-12)13-7-3-9-19-13/h1-9,15,18-19H. The first-order valence-electron chi connectivity index (χ1n) is 5.98. The van der Waals surface area contributed by atoms with Gasteiger partial charge in [-0.15, -0.1) is 0 Å². The molecule has 0 atom stereocenters. The van der Waals surface area contributed by atoms with Crippen molar-refractivity contribution in [1.29, 1.82) is 0 Å². The van der Waals surface area contributed by atoms with Gasteiger partial charge < -0.3 is 9.97 Å². The van der Waals surface area contributed by atoms with Gasteiger partial charge in [-0.05, 0) is 59.0 Å². The maximum atomic E-state index is 14.3. The molecular weight excluding hydrogens is 354 g/mol. The highest BCUT2D eigenvalue weighted by atomic mass is 127. The van der Waals surface area contributed by atoms with Crippen LogP contribution in [0.1, 0.15) is 22.9 Å². The SMILES string of the molecule is Fc1cccc(I)c1C(c1ccc[nH]1)c1ccc[nH]1. The fourth-order valence-electron chi connectivity index (χ4n) is 2.31. The molecule has 2 N–H and O–H groups in total. The summed E-state index contributed by atoms with van der Waals surface area (Å²) in [6.07, 6.45) is 3.72. The van der Waals surface area contributed by atoms with Crippen LogP contribution in [-0.2, 0) is 0 Å². The Kier molecular flexibility index (Phi) is 3.42. The predicted octanol–water partition coefficient (Wildman–Crippen LogP) is 4.27. The first-order chi connectivity index (χ1) is 9.27. The molecule has 2 aromatic heterocycles. The quantitative estimate of drug-likeness (QED) is 0.649. The molecule has 96 valence electrons. The Labute approximate surface area is 124 Å². The number of hydrogen-bond donors (Lipinski definition) is 2. The van der Waals surface area contributed by atoms with Gasteiger partial charge in [-0.2, -0.15) is 0 Å². The van der Waals surface area contributed by atoms with E-state index in [2.05, 4.69) is 32.6 Å². The van der Waals surface area contributed by atoms with Crippen molar-refractivity contribution in [3.05, 3.63) is 81.2 Å². The van der Waals surface area contributed by atoms with Crippen molar-refractivity contribution < 1.29 is 4.39 Å². The van der Waals surface area contributed by atoms with Crippen LogP contribution >= 0.6 is 22.6 Å². The third kappa shape index (κ3) is 2.32. The van der Waals surface area contributed by atoms with Gasteiger partial charge in [0.2, 0.25) is 0 Å². The third-order valence-corrected chi connectivity index (χ3v) is 4.10. The van der Waals surface area contributed by atoms with Gasteiger partial charge in [-0.25, -0.2) is 4.39 Å². The lowest BCUT2D eigenvalue weighted by molar-refractivity contribution is 0.602. The minimum Gasteiger partial charge on any atom is -0.364 e. The van der Waals surface area contributed by atoms with Crippen molar-refractivity contribution in [2.45, 2.75) is 5.92 Å². The van der Waals surface area contributed by atoms with E-state index in [0.717, 1.165) is 15.0 Å². The molecule has 0 fully saturated rings. The van der Waals surface area contributed by atoms with Gasteiger partial charge in [0.25, 0.3) is 0 Å². The normalized spacial score (nSPS) is 11.1. The molecule has 0 radical (unpaired) electrons. The Morgan fingerprint density at radius 1 is 0.895 bits per heavy atom. The zero-order valence-electron chi connectivity index (χ0n) is 10.0. The summed E-state index contributed by atoms with van der Waals surface area (Å²) in [7, 11) is 0. The summed E-state index contributed by atoms with van der Waals surface area (Å²) >= 11 is 2.18. The number of nitrogens with one attached hydrogen (secondary N) is 2. The van der Waals surface area contributed by atoms with E-state index in [1.807, 2.05) is 42.7 Å². The molecule has 0 saturated carbocycles. The molecule has 0 spiro atoms. The van der Waals surface area contributed by atoms with Crippen molar-refractivity contribution in [3.8, 4) is 0 Å². The molecule has 0 saturated heterocycles. The zero-order chi connectivity index (χ0) is 13.2. The number of aromatic amines is 2. The van der Waals surface area contributed by atoms with Crippen molar-refractivity contribution >= 4 is 22.6 Å². The monoisotopic (exact) mass is 366 g/mol. The van der Waals surface area contributed by atoms with Crippen LogP contribution in [0.3, 0.4) is 0 Å². The molecule has 0 aliphatic carbocycles. The molecule has 4 heteroatoms. The van der Waals surface area contributed by atoms with Crippen LogP contribution in [0.2, 0.25) is 0 Å². The molecular formula is C15H12FIN2. The molecule has 2 heterocycles. The Morgan fingerprint density at radius 3 is 2.00 bits per heavy atom. The van der Waals surface area contributed by atoms with Crippen molar-refractivity contribution in [2.24, 2.45) is 0 Å². The Balaban J connectivity index is 2.21. The van der Waals surface area contributed by atoms with E-state index in [1.54, 1.807) is 6.07 Å². The summed E-state index contributed by atoms with van der Waals surface area (Å²) in [5.74, 6) is -0.320. The predicted molar refractivity (Wildman–Crippen MR) is 81.6 cm³/mol. The number of benzene rings is 1. The molecule has 3 aromatic rings. The van der Waals surface area contributed by atoms with Gasteiger partial charge in [-0.3, -0.25) is 0 Å². The Morgan fingerprint density at radius 2 is 1.53 bits per heavy atom. The van der Waals surface area contributed by atoms with E-state index in [1.165, 1.54) is 6.07 Å². The molecule has 0 aliphatic heterocycles. The molecule has 0 amide bonds. The van der Waals surface area contributed by atoms with E-state index in [0.29, 0.717) is 5.56 Å². The van der Waals surface area contributed by atoms with Crippen LogP contribution < -0.4 is 0 Å². The van der Waals surface area contributed by atoms with E-state index >= 15 is 0 Å². The lowest BCUT2D eigenvalue weighted by Crippen LogP contribution is -2.08. The summed E-state index contributed by atoms with van der Waals surface area (Å²) < 4.78 is 15.2. The second-order valence-electron chi connectivity index (χ2n) is 4.32. The molecule has 1 aromatic carbocycles. The van der Waals surface area contributed by atoms with Gasteiger partial charge in [0.05, 0.1) is 5.92 Å². The smallest absolute Gasteiger partial charge is 0.128 e. The second-order valence-corrected chi connectivity index (χ2v) is 5.48. The van der Waals surface area contributed by atoms with E-state index in [4.69, 9.17) is 0 Å². The lowest BCUT2D eigenvalue weighted by Gasteiger charge is -2.17. The van der Waals surface area contributed by atoms with E-state index < -0.39 is 0 Å². The topological polar surface area (TPSA) is 31.6 Å². The summed E-state index contributed by atoms with van der Waals surface area (Å²) in [6, 6.07) is 13.0. The molecule has 0 unspecified atom stereocenters.